The van der Waals surface area contributed by atoms with Crippen LogP contribution >= 0.6 is 11.8 Å². The van der Waals surface area contributed by atoms with Crippen LogP contribution in [0.5, 0.6) is 0 Å². The lowest BCUT2D eigenvalue weighted by molar-refractivity contribution is 0.199. The molecule has 0 saturated heterocycles. The van der Waals surface area contributed by atoms with Gasteiger partial charge in [0.05, 0.1) is 6.61 Å². The predicted molar refractivity (Wildman–Crippen MR) is 77.5 cm³/mol. The molecular formula is C14H19N3OS. The van der Waals surface area contributed by atoms with E-state index in [1.807, 2.05) is 6.20 Å². The van der Waals surface area contributed by atoms with E-state index >= 15 is 0 Å². The van der Waals surface area contributed by atoms with Crippen molar-refractivity contribution in [2.45, 2.75) is 23.5 Å². The number of nitrogens with one attached hydrogen (secondary N) is 2. The molecule has 4 nitrogen and oxygen atoms in total. The number of aryl methyl sites for hydroxylation is 1. The van der Waals surface area contributed by atoms with Gasteiger partial charge in [-0.2, -0.15) is 0 Å². The van der Waals surface area contributed by atoms with E-state index in [1.54, 1.807) is 25.1 Å². The summed E-state index contributed by atoms with van der Waals surface area (Å²) in [6.07, 6.45) is 3.61. The van der Waals surface area contributed by atoms with E-state index in [1.165, 1.54) is 16.0 Å². The lowest BCUT2D eigenvalue weighted by Gasteiger charge is -2.10. The Morgan fingerprint density at radius 1 is 1.42 bits per heavy atom. The van der Waals surface area contributed by atoms with E-state index in [0.29, 0.717) is 0 Å². The summed E-state index contributed by atoms with van der Waals surface area (Å²) in [6, 6.07) is 6.49. The molecule has 0 bridgehead atoms. The van der Waals surface area contributed by atoms with Gasteiger partial charge in [0.1, 0.15) is 0 Å². The fraction of sp³-hybridized carbons (Fsp3) is 0.357. The molecule has 0 aliphatic rings. The van der Waals surface area contributed by atoms with Crippen LogP contribution in [0.1, 0.15) is 11.1 Å². The van der Waals surface area contributed by atoms with Crippen LogP contribution in [0.25, 0.3) is 0 Å². The van der Waals surface area contributed by atoms with Gasteiger partial charge >= 0.3 is 0 Å². The lowest BCUT2D eigenvalue weighted by Crippen LogP contribution is -2.19. The average Bonchev–Trinajstić information content (AvgIpc) is 2.90. The van der Waals surface area contributed by atoms with Crippen LogP contribution < -0.4 is 5.32 Å². The summed E-state index contributed by atoms with van der Waals surface area (Å²) in [7, 11) is 1.71. The number of ether oxygens (including phenoxy) is 1. The van der Waals surface area contributed by atoms with Gasteiger partial charge in [0.25, 0.3) is 0 Å². The van der Waals surface area contributed by atoms with Gasteiger partial charge in [0, 0.05) is 37.5 Å². The van der Waals surface area contributed by atoms with Crippen molar-refractivity contribution >= 4 is 11.8 Å². The SMILES string of the molecule is COCCNCc1cc(C)ccc1Sc1ncc[nH]1. The monoisotopic (exact) mass is 277 g/mol. The van der Waals surface area contributed by atoms with Crippen molar-refractivity contribution < 1.29 is 4.74 Å². The Labute approximate surface area is 118 Å². The summed E-state index contributed by atoms with van der Waals surface area (Å²) in [5.74, 6) is 0. The fourth-order valence-corrected chi connectivity index (χ4v) is 2.60. The lowest BCUT2D eigenvalue weighted by atomic mass is 10.1. The highest BCUT2D eigenvalue weighted by Gasteiger charge is 2.06. The summed E-state index contributed by atoms with van der Waals surface area (Å²) in [6.45, 7) is 4.54. The van der Waals surface area contributed by atoms with Gasteiger partial charge in [-0.05, 0) is 18.6 Å². The first-order valence-corrected chi connectivity index (χ1v) is 7.07. The van der Waals surface area contributed by atoms with Crippen molar-refractivity contribution in [1.82, 2.24) is 15.3 Å². The van der Waals surface area contributed by atoms with Crippen LogP contribution in [-0.4, -0.2) is 30.2 Å². The smallest absolute Gasteiger partial charge is 0.170 e. The normalized spacial score (nSPS) is 10.8. The highest BCUT2D eigenvalue weighted by atomic mass is 32.2. The topological polar surface area (TPSA) is 49.9 Å². The van der Waals surface area contributed by atoms with Gasteiger partial charge in [-0.3, -0.25) is 0 Å². The number of rotatable bonds is 7. The van der Waals surface area contributed by atoms with E-state index in [4.69, 9.17) is 4.74 Å². The maximum absolute atomic E-state index is 5.04. The molecule has 0 radical (unpaired) electrons. The van der Waals surface area contributed by atoms with Crippen LogP contribution in [0, 0.1) is 6.92 Å². The minimum atomic E-state index is 0.729. The number of hydrogen-bond acceptors (Lipinski definition) is 4. The first kappa shape index (κ1) is 14.1. The number of aromatic nitrogens is 2. The quantitative estimate of drug-likeness (QED) is 0.764. The number of aromatic amines is 1. The van der Waals surface area contributed by atoms with Crippen LogP contribution in [0.3, 0.4) is 0 Å². The molecule has 0 aliphatic carbocycles. The first-order valence-electron chi connectivity index (χ1n) is 6.26. The summed E-state index contributed by atoms with van der Waals surface area (Å²) in [5.41, 5.74) is 2.56. The molecule has 2 rings (SSSR count). The summed E-state index contributed by atoms with van der Waals surface area (Å²) < 4.78 is 5.04. The van der Waals surface area contributed by atoms with Crippen LogP contribution in [0.2, 0.25) is 0 Å². The van der Waals surface area contributed by atoms with Gasteiger partial charge in [-0.1, -0.05) is 29.5 Å². The van der Waals surface area contributed by atoms with E-state index in [9.17, 15) is 0 Å². The number of methoxy groups -OCH3 is 1. The summed E-state index contributed by atoms with van der Waals surface area (Å²) >= 11 is 1.66. The second-order valence-electron chi connectivity index (χ2n) is 4.28. The van der Waals surface area contributed by atoms with Crippen molar-refractivity contribution in [1.29, 1.82) is 0 Å². The van der Waals surface area contributed by atoms with E-state index in [-0.39, 0.29) is 0 Å². The molecule has 1 aromatic carbocycles. The first-order chi connectivity index (χ1) is 9.29. The molecule has 0 atom stereocenters. The Morgan fingerprint density at radius 3 is 3.05 bits per heavy atom. The molecule has 2 aromatic rings. The Bertz CT molecular complexity index is 499. The van der Waals surface area contributed by atoms with Gasteiger partial charge in [0.15, 0.2) is 5.16 Å². The molecule has 0 fully saturated rings. The Balaban J connectivity index is 2.04. The number of hydrogen-bond donors (Lipinski definition) is 2. The predicted octanol–water partition coefficient (Wildman–Crippen LogP) is 2.61. The van der Waals surface area contributed by atoms with Crippen LogP contribution in [0.4, 0.5) is 0 Å². The Hall–Kier alpha value is -1.30. The average molecular weight is 277 g/mol. The van der Waals surface area contributed by atoms with E-state index in [2.05, 4.69) is 40.4 Å². The third-order valence-electron chi connectivity index (χ3n) is 2.69. The third-order valence-corrected chi connectivity index (χ3v) is 3.73. The standard InChI is InChI=1S/C14H19N3OS/c1-11-3-4-13(19-14-16-5-6-17-14)12(9-11)10-15-7-8-18-2/h3-6,9,15H,7-8,10H2,1-2H3,(H,16,17). The number of benzene rings is 1. The molecule has 0 unspecified atom stereocenters. The highest BCUT2D eigenvalue weighted by Crippen LogP contribution is 2.28. The summed E-state index contributed by atoms with van der Waals surface area (Å²) in [4.78, 5) is 8.59. The maximum atomic E-state index is 5.04. The second-order valence-corrected chi connectivity index (χ2v) is 5.31. The van der Waals surface area contributed by atoms with Gasteiger partial charge < -0.3 is 15.0 Å². The zero-order valence-corrected chi connectivity index (χ0v) is 12.1. The second kappa shape index (κ2) is 7.33. The molecule has 1 heterocycles. The molecule has 1 aromatic heterocycles. The van der Waals surface area contributed by atoms with E-state index in [0.717, 1.165) is 24.9 Å². The van der Waals surface area contributed by atoms with Crippen molar-refractivity contribution in [3.8, 4) is 0 Å². The molecule has 0 aliphatic heterocycles. The minimum absolute atomic E-state index is 0.729. The zero-order valence-electron chi connectivity index (χ0n) is 11.3. The molecular weight excluding hydrogens is 258 g/mol. The molecule has 0 saturated carbocycles. The number of imidazole rings is 1. The maximum Gasteiger partial charge on any atom is 0.170 e. The fourth-order valence-electron chi connectivity index (χ4n) is 1.75. The minimum Gasteiger partial charge on any atom is -0.383 e. The van der Waals surface area contributed by atoms with Crippen molar-refractivity contribution in [2.24, 2.45) is 0 Å². The van der Waals surface area contributed by atoms with Gasteiger partial charge in [-0.25, -0.2) is 4.98 Å². The Kier molecular flexibility index (Phi) is 5.44. The molecule has 2 N–H and O–H groups in total. The largest absolute Gasteiger partial charge is 0.383 e. The summed E-state index contributed by atoms with van der Waals surface area (Å²) in [5, 5.41) is 4.30. The molecule has 5 heteroatoms. The molecule has 0 spiro atoms. The highest BCUT2D eigenvalue weighted by molar-refractivity contribution is 7.99. The zero-order chi connectivity index (χ0) is 13.5. The molecule has 0 amide bonds. The van der Waals surface area contributed by atoms with Gasteiger partial charge in [0.2, 0.25) is 0 Å². The van der Waals surface area contributed by atoms with E-state index < -0.39 is 0 Å². The van der Waals surface area contributed by atoms with Crippen LogP contribution in [0.15, 0.2) is 40.6 Å². The van der Waals surface area contributed by atoms with Crippen LogP contribution in [-0.2, 0) is 11.3 Å². The Morgan fingerprint density at radius 2 is 2.32 bits per heavy atom. The third kappa shape index (κ3) is 4.38. The van der Waals surface area contributed by atoms with Crippen molar-refractivity contribution in [2.75, 3.05) is 20.3 Å². The van der Waals surface area contributed by atoms with Crippen molar-refractivity contribution in [3.63, 3.8) is 0 Å². The molecule has 102 valence electrons. The molecule has 19 heavy (non-hydrogen) atoms. The number of nitrogens with zero attached hydrogens (tertiary/aromatic N) is 1. The number of H-pyrrole nitrogens is 1. The van der Waals surface area contributed by atoms with Crippen molar-refractivity contribution in [3.05, 3.63) is 41.7 Å². The van der Waals surface area contributed by atoms with Gasteiger partial charge in [-0.15, -0.1) is 0 Å².